The number of methoxy groups -OCH3 is 2. The maximum Gasteiger partial charge on any atom is 0.232 e. The van der Waals surface area contributed by atoms with Crippen molar-refractivity contribution in [2.24, 2.45) is 5.92 Å². The van der Waals surface area contributed by atoms with Crippen molar-refractivity contribution in [1.29, 1.82) is 0 Å². The number of benzene rings is 4. The Morgan fingerprint density at radius 1 is 0.886 bits per heavy atom. The molecule has 1 amide bonds. The Balaban J connectivity index is 1.53. The molecular weight excluding hydrogens is 548 g/mol. The fraction of sp³-hybridized carbons (Fsp3) is 0.316. The lowest BCUT2D eigenvalue weighted by Gasteiger charge is -2.34. The maximum atomic E-state index is 14.8. The SMILES string of the molecule is COc1cc(C(C(=O)CC2CCCCC2)N(C(=O)Cc2c[nH]c3ccccc23)c2cccc3ccccc23)cc(C)c1OC. The van der Waals surface area contributed by atoms with Crippen molar-refractivity contribution in [1.82, 2.24) is 4.98 Å². The van der Waals surface area contributed by atoms with Gasteiger partial charge in [0.2, 0.25) is 5.91 Å². The Morgan fingerprint density at radius 3 is 2.39 bits per heavy atom. The molecule has 4 aromatic carbocycles. The first-order chi connectivity index (χ1) is 21.5. The number of carbonyl (C=O) groups is 2. The molecule has 5 aromatic rings. The summed E-state index contributed by atoms with van der Waals surface area (Å²) in [5.41, 5.74) is 4.17. The van der Waals surface area contributed by atoms with Crippen LogP contribution in [0.3, 0.4) is 0 Å². The molecule has 1 heterocycles. The fourth-order valence-corrected chi connectivity index (χ4v) is 6.97. The van der Waals surface area contributed by atoms with Crippen molar-refractivity contribution in [3.8, 4) is 11.5 Å². The van der Waals surface area contributed by atoms with E-state index in [0.29, 0.717) is 23.8 Å². The third kappa shape index (κ3) is 5.81. The molecular formula is C38H40N2O4. The van der Waals surface area contributed by atoms with Crippen LogP contribution in [-0.2, 0) is 16.0 Å². The molecule has 1 atom stereocenters. The molecule has 1 fully saturated rings. The van der Waals surface area contributed by atoms with Crippen LogP contribution in [0.5, 0.6) is 11.5 Å². The first kappa shape index (κ1) is 29.5. The molecule has 0 saturated heterocycles. The number of carbonyl (C=O) groups excluding carboxylic acids is 2. The highest BCUT2D eigenvalue weighted by atomic mass is 16.5. The third-order valence-electron chi connectivity index (χ3n) is 9.09. The van der Waals surface area contributed by atoms with Crippen LogP contribution in [0.25, 0.3) is 21.7 Å². The highest BCUT2D eigenvalue weighted by Crippen LogP contribution is 2.41. The predicted molar refractivity (Wildman–Crippen MR) is 177 cm³/mol. The molecule has 226 valence electrons. The molecule has 0 radical (unpaired) electrons. The number of ether oxygens (including phenoxy) is 2. The third-order valence-corrected chi connectivity index (χ3v) is 9.09. The number of nitrogens with one attached hydrogen (secondary N) is 1. The second-order valence-corrected chi connectivity index (χ2v) is 11.9. The van der Waals surface area contributed by atoms with Crippen molar-refractivity contribution in [3.63, 3.8) is 0 Å². The highest BCUT2D eigenvalue weighted by Gasteiger charge is 2.36. The predicted octanol–water partition coefficient (Wildman–Crippen LogP) is 8.50. The molecule has 1 aliphatic rings. The zero-order valence-electron chi connectivity index (χ0n) is 25.8. The molecule has 1 saturated carbocycles. The molecule has 1 aliphatic carbocycles. The van der Waals surface area contributed by atoms with Crippen LogP contribution in [0.1, 0.15) is 61.3 Å². The van der Waals surface area contributed by atoms with Crippen LogP contribution >= 0.6 is 0 Å². The van der Waals surface area contributed by atoms with Gasteiger partial charge in [-0.3, -0.25) is 14.5 Å². The van der Waals surface area contributed by atoms with Crippen LogP contribution in [-0.4, -0.2) is 30.9 Å². The van der Waals surface area contributed by atoms with Gasteiger partial charge in [-0.15, -0.1) is 0 Å². The summed E-state index contributed by atoms with van der Waals surface area (Å²) in [6.07, 6.45) is 8.07. The summed E-state index contributed by atoms with van der Waals surface area (Å²) in [5.74, 6) is 1.39. The summed E-state index contributed by atoms with van der Waals surface area (Å²) in [6, 6.07) is 25.0. The Kier molecular flexibility index (Phi) is 8.69. The minimum Gasteiger partial charge on any atom is -0.493 e. The van der Waals surface area contributed by atoms with Crippen molar-refractivity contribution in [2.45, 2.75) is 57.9 Å². The van der Waals surface area contributed by atoms with Gasteiger partial charge in [-0.1, -0.05) is 86.7 Å². The maximum absolute atomic E-state index is 14.8. The van der Waals surface area contributed by atoms with Crippen LogP contribution in [0, 0.1) is 12.8 Å². The van der Waals surface area contributed by atoms with Gasteiger partial charge in [-0.2, -0.15) is 0 Å². The number of para-hydroxylation sites is 1. The van der Waals surface area contributed by atoms with Gasteiger partial charge in [0.1, 0.15) is 6.04 Å². The van der Waals surface area contributed by atoms with E-state index in [2.05, 4.69) is 4.98 Å². The molecule has 6 heteroatoms. The second kappa shape index (κ2) is 13.0. The van der Waals surface area contributed by atoms with Crippen LogP contribution < -0.4 is 14.4 Å². The largest absolute Gasteiger partial charge is 0.493 e. The normalized spacial score (nSPS) is 14.4. The van der Waals surface area contributed by atoms with Crippen molar-refractivity contribution < 1.29 is 19.1 Å². The van der Waals surface area contributed by atoms with Crippen molar-refractivity contribution >= 4 is 39.1 Å². The Morgan fingerprint density at radius 2 is 1.61 bits per heavy atom. The van der Waals surface area contributed by atoms with Gasteiger partial charge in [0.15, 0.2) is 17.3 Å². The van der Waals surface area contributed by atoms with E-state index in [1.807, 2.05) is 92.0 Å². The lowest BCUT2D eigenvalue weighted by atomic mass is 9.83. The standard InChI is InChI=1S/C38H40N2O4/c1-25-20-28(22-35(43-2)38(25)44-3)37(34(41)21-26-12-5-4-6-13-26)40(33-19-11-15-27-14-7-8-17-31(27)33)36(42)23-29-24-39-32-18-10-9-16-30(29)32/h7-11,14-20,22,24,26,37,39H,4-6,12-13,21,23H2,1-3H3. The Hall–Kier alpha value is -4.58. The lowest BCUT2D eigenvalue weighted by molar-refractivity contribution is -0.125. The molecule has 0 aliphatic heterocycles. The molecule has 1 unspecified atom stereocenters. The number of rotatable bonds is 10. The number of hydrogen-bond donors (Lipinski definition) is 1. The Labute approximate surface area is 259 Å². The number of aromatic amines is 1. The first-order valence-corrected chi connectivity index (χ1v) is 15.6. The summed E-state index contributed by atoms with van der Waals surface area (Å²) < 4.78 is 11.4. The second-order valence-electron chi connectivity index (χ2n) is 11.9. The first-order valence-electron chi connectivity index (χ1n) is 15.6. The van der Waals surface area contributed by atoms with Gasteiger partial charge in [0.05, 0.1) is 26.3 Å². The topological polar surface area (TPSA) is 71.6 Å². The van der Waals surface area contributed by atoms with Gasteiger partial charge in [0.25, 0.3) is 0 Å². The number of amides is 1. The smallest absolute Gasteiger partial charge is 0.232 e. The van der Waals surface area contributed by atoms with E-state index in [9.17, 15) is 9.59 Å². The van der Waals surface area contributed by atoms with Crippen LogP contribution in [0.15, 0.2) is 85.1 Å². The van der Waals surface area contributed by atoms with E-state index >= 15 is 0 Å². The van der Waals surface area contributed by atoms with Crippen molar-refractivity contribution in [2.75, 3.05) is 19.1 Å². The van der Waals surface area contributed by atoms with Crippen molar-refractivity contribution in [3.05, 3.63) is 102 Å². The van der Waals surface area contributed by atoms with E-state index in [-0.39, 0.29) is 18.1 Å². The zero-order chi connectivity index (χ0) is 30.6. The molecule has 1 aromatic heterocycles. The van der Waals surface area contributed by atoms with Gasteiger partial charge in [-0.05, 0) is 59.2 Å². The number of aryl methyl sites for hydroxylation is 1. The van der Waals surface area contributed by atoms with E-state index < -0.39 is 6.04 Å². The number of fused-ring (bicyclic) bond motifs is 2. The summed E-state index contributed by atoms with van der Waals surface area (Å²) in [6.45, 7) is 1.95. The highest BCUT2D eigenvalue weighted by molar-refractivity contribution is 6.09. The number of anilines is 1. The average molecular weight is 589 g/mol. The lowest BCUT2D eigenvalue weighted by Crippen LogP contribution is -2.41. The minimum atomic E-state index is -0.834. The zero-order valence-corrected chi connectivity index (χ0v) is 25.8. The monoisotopic (exact) mass is 588 g/mol. The quantitative estimate of drug-likeness (QED) is 0.178. The van der Waals surface area contributed by atoms with E-state index in [1.165, 1.54) is 6.42 Å². The van der Waals surface area contributed by atoms with Crippen LogP contribution in [0.4, 0.5) is 5.69 Å². The summed E-state index contributed by atoms with van der Waals surface area (Å²) in [5, 5.41) is 2.94. The molecule has 6 rings (SSSR count). The summed E-state index contributed by atoms with van der Waals surface area (Å²) in [4.78, 5) is 34.5. The number of aromatic nitrogens is 1. The number of ketones is 1. The Bertz CT molecular complexity index is 1790. The number of H-pyrrole nitrogens is 1. The van der Waals surface area contributed by atoms with Gasteiger partial charge in [-0.25, -0.2) is 0 Å². The van der Waals surface area contributed by atoms with E-state index in [0.717, 1.165) is 69.7 Å². The molecule has 6 nitrogen and oxygen atoms in total. The summed E-state index contributed by atoms with van der Waals surface area (Å²) in [7, 11) is 3.22. The van der Waals surface area contributed by atoms with Crippen LogP contribution in [0.2, 0.25) is 0 Å². The summed E-state index contributed by atoms with van der Waals surface area (Å²) >= 11 is 0. The van der Waals surface area contributed by atoms with Gasteiger partial charge in [0, 0.05) is 28.9 Å². The number of Topliss-reactive ketones (excluding diaryl/α,β-unsaturated/α-hetero) is 1. The van der Waals surface area contributed by atoms with E-state index in [4.69, 9.17) is 9.47 Å². The fourth-order valence-electron chi connectivity index (χ4n) is 6.97. The van der Waals surface area contributed by atoms with Gasteiger partial charge < -0.3 is 14.5 Å². The molecule has 1 N–H and O–H groups in total. The number of nitrogens with zero attached hydrogens (tertiary/aromatic N) is 1. The molecule has 0 spiro atoms. The minimum absolute atomic E-state index is 0.0451. The molecule has 44 heavy (non-hydrogen) atoms. The van der Waals surface area contributed by atoms with Gasteiger partial charge >= 0.3 is 0 Å². The molecule has 0 bridgehead atoms. The number of hydrogen-bond acceptors (Lipinski definition) is 4. The average Bonchev–Trinajstić information content (AvgIpc) is 3.45. The van der Waals surface area contributed by atoms with E-state index in [1.54, 1.807) is 19.1 Å².